The molecule has 2 rings (SSSR count). The van der Waals surface area contributed by atoms with Gasteiger partial charge in [0.1, 0.15) is 11.6 Å². The van der Waals surface area contributed by atoms with Crippen molar-refractivity contribution >= 4 is 27.5 Å². The summed E-state index contributed by atoms with van der Waals surface area (Å²) in [4.78, 5) is 23.6. The average Bonchev–Trinajstić information content (AvgIpc) is 2.56. The molecule has 27 heavy (non-hydrogen) atoms. The summed E-state index contributed by atoms with van der Waals surface area (Å²) < 4.78 is 51.1. The second kappa shape index (κ2) is 8.58. The van der Waals surface area contributed by atoms with Crippen molar-refractivity contribution in [2.24, 2.45) is 0 Å². The lowest BCUT2D eigenvalue weighted by molar-refractivity contribution is -0.120. The molecular formula is C17H17F2N3O4S. The van der Waals surface area contributed by atoms with Crippen LogP contribution in [0, 0.1) is 11.6 Å². The highest BCUT2D eigenvalue weighted by atomic mass is 32.2. The molecule has 0 aliphatic heterocycles. The molecule has 0 unspecified atom stereocenters. The minimum absolute atomic E-state index is 0.0961. The molecule has 144 valence electrons. The van der Waals surface area contributed by atoms with Crippen LogP contribution in [0.1, 0.15) is 15.9 Å². The predicted molar refractivity (Wildman–Crippen MR) is 95.4 cm³/mol. The Bertz CT molecular complexity index is 964. The van der Waals surface area contributed by atoms with E-state index in [1.54, 1.807) is 24.3 Å². The molecule has 0 bridgehead atoms. The van der Waals surface area contributed by atoms with Gasteiger partial charge in [-0.2, -0.15) is 0 Å². The quantitative estimate of drug-likeness (QED) is 0.657. The summed E-state index contributed by atoms with van der Waals surface area (Å²) in [6.45, 7) is -0.310. The van der Waals surface area contributed by atoms with E-state index in [-0.39, 0.29) is 12.1 Å². The third-order valence-electron chi connectivity index (χ3n) is 3.31. The number of anilines is 1. The molecule has 0 radical (unpaired) electrons. The van der Waals surface area contributed by atoms with E-state index in [2.05, 4.69) is 15.4 Å². The second-order valence-electron chi connectivity index (χ2n) is 5.66. The maximum atomic E-state index is 13.5. The smallest absolute Gasteiger partial charge is 0.254 e. The van der Waals surface area contributed by atoms with Crippen LogP contribution in [-0.2, 0) is 21.4 Å². The monoisotopic (exact) mass is 397 g/mol. The molecular weight excluding hydrogens is 380 g/mol. The van der Waals surface area contributed by atoms with Crippen LogP contribution in [0.5, 0.6) is 0 Å². The normalized spacial score (nSPS) is 10.9. The first-order valence-corrected chi connectivity index (χ1v) is 9.60. The highest BCUT2D eigenvalue weighted by Gasteiger charge is 2.13. The fourth-order valence-corrected chi connectivity index (χ4v) is 2.71. The van der Waals surface area contributed by atoms with Crippen LogP contribution in [0.25, 0.3) is 0 Å². The molecule has 2 aromatic carbocycles. The Labute approximate surface area is 154 Å². The van der Waals surface area contributed by atoms with Gasteiger partial charge in [0.05, 0.1) is 18.4 Å². The summed E-state index contributed by atoms with van der Waals surface area (Å²) in [6, 6.07) is 8.91. The van der Waals surface area contributed by atoms with Crippen LogP contribution >= 0.6 is 0 Å². The Morgan fingerprint density at radius 1 is 1.04 bits per heavy atom. The lowest BCUT2D eigenvalue weighted by Crippen LogP contribution is -2.36. The molecule has 7 nitrogen and oxygen atoms in total. The van der Waals surface area contributed by atoms with Crippen molar-refractivity contribution in [1.82, 2.24) is 10.6 Å². The molecule has 0 atom stereocenters. The average molecular weight is 397 g/mol. The molecule has 0 heterocycles. The largest absolute Gasteiger partial charge is 0.350 e. The zero-order valence-electron chi connectivity index (χ0n) is 14.3. The Morgan fingerprint density at radius 3 is 2.44 bits per heavy atom. The van der Waals surface area contributed by atoms with Crippen LogP contribution in [-0.4, -0.2) is 33.0 Å². The van der Waals surface area contributed by atoms with E-state index in [1.807, 2.05) is 0 Å². The van der Waals surface area contributed by atoms with Gasteiger partial charge in [0.2, 0.25) is 15.9 Å². The van der Waals surface area contributed by atoms with Gasteiger partial charge in [0.15, 0.2) is 0 Å². The van der Waals surface area contributed by atoms with E-state index >= 15 is 0 Å². The zero-order chi connectivity index (χ0) is 20.0. The first-order chi connectivity index (χ1) is 12.6. The van der Waals surface area contributed by atoms with Crippen molar-refractivity contribution in [2.75, 3.05) is 17.5 Å². The number of halogens is 2. The van der Waals surface area contributed by atoms with Gasteiger partial charge in [0, 0.05) is 18.3 Å². The minimum atomic E-state index is -3.41. The molecule has 0 aromatic heterocycles. The van der Waals surface area contributed by atoms with Gasteiger partial charge in [-0.1, -0.05) is 12.1 Å². The number of hydrogen-bond acceptors (Lipinski definition) is 4. The second-order valence-corrected chi connectivity index (χ2v) is 7.41. The standard InChI is InChI=1S/C17H17F2N3O4S/c1-27(25,26)22-13-4-2-3-11(7-13)9-20-16(23)10-21-17(24)14-6-5-12(18)8-15(14)19/h2-8,22H,9-10H2,1H3,(H,20,23)(H,21,24). The van der Waals surface area contributed by atoms with E-state index in [9.17, 15) is 26.8 Å². The number of rotatable bonds is 7. The maximum absolute atomic E-state index is 13.5. The fraction of sp³-hybridized carbons (Fsp3) is 0.176. The Morgan fingerprint density at radius 2 is 1.78 bits per heavy atom. The Kier molecular flexibility index (Phi) is 6.45. The summed E-state index contributed by atoms with van der Waals surface area (Å²) in [5, 5.41) is 4.77. The summed E-state index contributed by atoms with van der Waals surface area (Å²) >= 11 is 0. The van der Waals surface area contributed by atoms with Crippen molar-refractivity contribution in [3.8, 4) is 0 Å². The first kappa shape index (κ1) is 20.3. The number of nitrogens with one attached hydrogen (secondary N) is 3. The van der Waals surface area contributed by atoms with Crippen LogP contribution < -0.4 is 15.4 Å². The highest BCUT2D eigenvalue weighted by Crippen LogP contribution is 2.12. The number of carbonyl (C=O) groups excluding carboxylic acids is 2. The minimum Gasteiger partial charge on any atom is -0.350 e. The number of sulfonamides is 1. The Hall–Kier alpha value is -3.01. The molecule has 0 aliphatic carbocycles. The molecule has 2 aromatic rings. The highest BCUT2D eigenvalue weighted by molar-refractivity contribution is 7.92. The fourth-order valence-electron chi connectivity index (χ4n) is 2.15. The van der Waals surface area contributed by atoms with E-state index in [0.717, 1.165) is 18.4 Å². The van der Waals surface area contributed by atoms with Crippen molar-refractivity contribution in [2.45, 2.75) is 6.54 Å². The predicted octanol–water partition coefficient (Wildman–Crippen LogP) is 1.38. The van der Waals surface area contributed by atoms with Crippen LogP contribution in [0.3, 0.4) is 0 Å². The van der Waals surface area contributed by atoms with E-state index in [0.29, 0.717) is 17.3 Å². The van der Waals surface area contributed by atoms with Crippen LogP contribution in [0.2, 0.25) is 0 Å². The van der Waals surface area contributed by atoms with Gasteiger partial charge in [0.25, 0.3) is 5.91 Å². The third-order valence-corrected chi connectivity index (χ3v) is 3.91. The van der Waals surface area contributed by atoms with Gasteiger partial charge >= 0.3 is 0 Å². The molecule has 0 saturated heterocycles. The lowest BCUT2D eigenvalue weighted by Gasteiger charge is -2.09. The van der Waals surface area contributed by atoms with Crippen LogP contribution in [0.4, 0.5) is 14.5 Å². The van der Waals surface area contributed by atoms with Crippen LogP contribution in [0.15, 0.2) is 42.5 Å². The molecule has 2 amide bonds. The van der Waals surface area contributed by atoms with Gasteiger partial charge in [-0.3, -0.25) is 14.3 Å². The molecule has 0 saturated carbocycles. The first-order valence-electron chi connectivity index (χ1n) is 7.71. The van der Waals surface area contributed by atoms with E-state index in [1.165, 1.54) is 0 Å². The topological polar surface area (TPSA) is 104 Å². The number of amides is 2. The SMILES string of the molecule is CS(=O)(=O)Nc1cccc(CNC(=O)CNC(=O)c2ccc(F)cc2F)c1. The molecule has 0 fully saturated rings. The molecule has 3 N–H and O–H groups in total. The van der Waals surface area contributed by atoms with Crippen molar-refractivity contribution in [3.05, 3.63) is 65.2 Å². The summed E-state index contributed by atoms with van der Waals surface area (Å²) in [6.07, 6.45) is 1.02. The number of carbonyl (C=O) groups is 2. The maximum Gasteiger partial charge on any atom is 0.254 e. The summed E-state index contributed by atoms with van der Waals surface area (Å²) in [5.74, 6) is -3.22. The third kappa shape index (κ3) is 6.66. The van der Waals surface area contributed by atoms with E-state index < -0.39 is 40.0 Å². The molecule has 10 heteroatoms. The summed E-state index contributed by atoms with van der Waals surface area (Å²) in [5.41, 5.74) is 0.612. The zero-order valence-corrected chi connectivity index (χ0v) is 15.1. The molecule has 0 spiro atoms. The summed E-state index contributed by atoms with van der Waals surface area (Å²) in [7, 11) is -3.41. The van der Waals surface area contributed by atoms with Gasteiger partial charge < -0.3 is 10.6 Å². The molecule has 0 aliphatic rings. The van der Waals surface area contributed by atoms with E-state index in [4.69, 9.17) is 0 Å². The number of hydrogen-bond donors (Lipinski definition) is 3. The Balaban J connectivity index is 1.86. The number of benzene rings is 2. The van der Waals surface area contributed by atoms with Crippen molar-refractivity contribution < 1.29 is 26.8 Å². The van der Waals surface area contributed by atoms with Crippen molar-refractivity contribution in [3.63, 3.8) is 0 Å². The van der Waals surface area contributed by atoms with Crippen molar-refractivity contribution in [1.29, 1.82) is 0 Å². The van der Waals surface area contributed by atoms with Gasteiger partial charge in [-0.05, 0) is 29.8 Å². The van der Waals surface area contributed by atoms with Gasteiger partial charge in [-0.15, -0.1) is 0 Å². The lowest BCUT2D eigenvalue weighted by atomic mass is 10.2. The van der Waals surface area contributed by atoms with Gasteiger partial charge in [-0.25, -0.2) is 17.2 Å².